The largest absolute Gasteiger partial charge is 0.478 e. The lowest BCUT2D eigenvalue weighted by Gasteiger charge is -2.19. The van der Waals surface area contributed by atoms with E-state index in [4.69, 9.17) is 5.11 Å². The Morgan fingerprint density at radius 2 is 2.21 bits per heavy atom. The number of carboxylic acids is 1. The number of aromatic nitrogens is 1. The van der Waals surface area contributed by atoms with Gasteiger partial charge in [-0.15, -0.1) is 0 Å². The summed E-state index contributed by atoms with van der Waals surface area (Å²) in [6.07, 6.45) is 3.42. The zero-order chi connectivity index (χ0) is 14.0. The van der Waals surface area contributed by atoms with Crippen molar-refractivity contribution in [2.45, 2.75) is 25.8 Å². The molecule has 1 aromatic heterocycles. The molecular formula is C13H17N3O3. The van der Waals surface area contributed by atoms with Crippen LogP contribution in [-0.4, -0.2) is 41.6 Å². The minimum absolute atomic E-state index is 0.0338. The summed E-state index contributed by atoms with van der Waals surface area (Å²) in [6, 6.07) is 1.89. The highest BCUT2D eigenvalue weighted by Gasteiger charge is 2.24. The first-order valence-electron chi connectivity index (χ1n) is 6.18. The molecule has 102 valence electrons. The minimum atomic E-state index is -1.00. The molecule has 0 bridgehead atoms. The number of aromatic carboxylic acids is 1. The molecule has 1 saturated carbocycles. The van der Waals surface area contributed by atoms with E-state index in [1.54, 1.807) is 24.9 Å². The Morgan fingerprint density at radius 1 is 1.53 bits per heavy atom. The van der Waals surface area contributed by atoms with Crippen LogP contribution in [0.15, 0.2) is 12.3 Å². The zero-order valence-corrected chi connectivity index (χ0v) is 11.0. The molecule has 0 spiro atoms. The Bertz CT molecular complexity index is 512. The van der Waals surface area contributed by atoms with Gasteiger partial charge in [0.05, 0.1) is 12.1 Å². The van der Waals surface area contributed by atoms with Crippen LogP contribution in [0.25, 0.3) is 0 Å². The van der Waals surface area contributed by atoms with Gasteiger partial charge in [-0.05, 0) is 31.4 Å². The number of hydrogen-bond acceptors (Lipinski definition) is 4. The number of anilines is 1. The van der Waals surface area contributed by atoms with Crippen molar-refractivity contribution in [2.24, 2.45) is 0 Å². The molecule has 19 heavy (non-hydrogen) atoms. The Balaban J connectivity index is 2.03. The van der Waals surface area contributed by atoms with E-state index >= 15 is 0 Å². The predicted molar refractivity (Wildman–Crippen MR) is 70.4 cm³/mol. The van der Waals surface area contributed by atoms with E-state index in [2.05, 4.69) is 10.3 Å². The van der Waals surface area contributed by atoms with E-state index in [0.717, 1.165) is 18.4 Å². The van der Waals surface area contributed by atoms with Crippen LogP contribution < -0.4 is 10.2 Å². The van der Waals surface area contributed by atoms with E-state index in [0.29, 0.717) is 11.9 Å². The van der Waals surface area contributed by atoms with Gasteiger partial charge in [0.25, 0.3) is 0 Å². The van der Waals surface area contributed by atoms with Gasteiger partial charge in [-0.2, -0.15) is 0 Å². The molecule has 0 unspecified atom stereocenters. The molecule has 0 radical (unpaired) electrons. The van der Waals surface area contributed by atoms with Crippen LogP contribution in [0.1, 0.15) is 28.8 Å². The van der Waals surface area contributed by atoms with Crippen molar-refractivity contribution in [1.82, 2.24) is 10.3 Å². The fourth-order valence-corrected chi connectivity index (χ4v) is 1.88. The third-order valence-electron chi connectivity index (χ3n) is 2.98. The van der Waals surface area contributed by atoms with Crippen molar-refractivity contribution in [2.75, 3.05) is 18.5 Å². The Hall–Kier alpha value is -2.11. The molecule has 1 aromatic rings. The van der Waals surface area contributed by atoms with Crippen LogP contribution >= 0.6 is 0 Å². The van der Waals surface area contributed by atoms with E-state index in [9.17, 15) is 9.59 Å². The van der Waals surface area contributed by atoms with E-state index in [1.165, 1.54) is 6.20 Å². The summed E-state index contributed by atoms with van der Waals surface area (Å²) < 4.78 is 0. The van der Waals surface area contributed by atoms with Gasteiger partial charge in [-0.25, -0.2) is 9.78 Å². The lowest BCUT2D eigenvalue weighted by atomic mass is 10.2. The topological polar surface area (TPSA) is 82.5 Å². The molecule has 6 nitrogen and oxygen atoms in total. The smallest absolute Gasteiger partial charge is 0.337 e. The molecule has 0 atom stereocenters. The summed E-state index contributed by atoms with van der Waals surface area (Å²) in [5.41, 5.74) is 0.888. The number of amides is 1. The second-order valence-electron chi connectivity index (χ2n) is 4.87. The third kappa shape index (κ3) is 3.43. The number of carboxylic acid groups (broad SMARTS) is 1. The first-order valence-corrected chi connectivity index (χ1v) is 6.18. The van der Waals surface area contributed by atoms with Crippen LogP contribution in [0.4, 0.5) is 5.82 Å². The van der Waals surface area contributed by atoms with Gasteiger partial charge < -0.3 is 15.3 Å². The van der Waals surface area contributed by atoms with Crippen LogP contribution in [0.2, 0.25) is 0 Å². The maximum absolute atomic E-state index is 11.7. The summed E-state index contributed by atoms with van der Waals surface area (Å²) in [7, 11) is 1.77. The third-order valence-corrected chi connectivity index (χ3v) is 2.98. The Morgan fingerprint density at radius 3 is 2.74 bits per heavy atom. The molecule has 0 aromatic carbocycles. The summed E-state index contributed by atoms with van der Waals surface area (Å²) in [4.78, 5) is 28.3. The second-order valence-corrected chi connectivity index (χ2v) is 4.87. The number of carbonyl (C=O) groups is 2. The average molecular weight is 263 g/mol. The van der Waals surface area contributed by atoms with Crippen LogP contribution in [-0.2, 0) is 4.79 Å². The number of hydrogen-bond donors (Lipinski definition) is 2. The molecule has 1 aliphatic carbocycles. The van der Waals surface area contributed by atoms with Crippen molar-refractivity contribution in [3.05, 3.63) is 23.4 Å². The average Bonchev–Trinajstić information content (AvgIpc) is 3.12. The lowest BCUT2D eigenvalue weighted by molar-refractivity contribution is -0.119. The van der Waals surface area contributed by atoms with Crippen LogP contribution in [0.5, 0.6) is 0 Å². The van der Waals surface area contributed by atoms with Gasteiger partial charge in [-0.1, -0.05) is 0 Å². The van der Waals surface area contributed by atoms with Gasteiger partial charge in [0.15, 0.2) is 0 Å². The molecular weight excluding hydrogens is 246 g/mol. The maximum Gasteiger partial charge on any atom is 0.337 e. The van der Waals surface area contributed by atoms with Crippen LogP contribution in [0, 0.1) is 6.92 Å². The summed E-state index contributed by atoms with van der Waals surface area (Å²) in [5.74, 6) is -0.416. The number of nitrogens with one attached hydrogen (secondary N) is 1. The first kappa shape index (κ1) is 13.3. The number of aryl methyl sites for hydroxylation is 1. The number of pyridine rings is 1. The van der Waals surface area contributed by atoms with Crippen molar-refractivity contribution in [3.63, 3.8) is 0 Å². The number of nitrogens with zero attached hydrogens (tertiary/aromatic N) is 2. The molecule has 1 fully saturated rings. The molecule has 6 heteroatoms. The Labute approximate surface area is 111 Å². The normalized spacial score (nSPS) is 14.0. The van der Waals surface area contributed by atoms with Crippen LogP contribution in [0.3, 0.4) is 0 Å². The SMILES string of the molecule is Cc1cc(C(=O)O)cnc1N(C)CC(=O)NC1CC1. The monoisotopic (exact) mass is 263 g/mol. The molecule has 0 saturated heterocycles. The fourth-order valence-electron chi connectivity index (χ4n) is 1.88. The van der Waals surface area contributed by atoms with E-state index in [1.807, 2.05) is 0 Å². The maximum atomic E-state index is 11.7. The number of rotatable bonds is 5. The van der Waals surface area contributed by atoms with Gasteiger partial charge in [-0.3, -0.25) is 4.79 Å². The molecule has 1 amide bonds. The standard InChI is InChI=1S/C13H17N3O3/c1-8-5-9(13(18)19)6-14-12(8)16(2)7-11(17)15-10-3-4-10/h5-6,10H,3-4,7H2,1-2H3,(H,15,17)(H,18,19). The fraction of sp³-hybridized carbons (Fsp3) is 0.462. The molecule has 1 aliphatic rings. The summed E-state index contributed by atoms with van der Waals surface area (Å²) in [5, 5.41) is 11.8. The second kappa shape index (κ2) is 5.26. The van der Waals surface area contributed by atoms with Crippen molar-refractivity contribution in [1.29, 1.82) is 0 Å². The van der Waals surface area contributed by atoms with Crippen molar-refractivity contribution in [3.8, 4) is 0 Å². The zero-order valence-electron chi connectivity index (χ0n) is 11.0. The molecule has 2 N–H and O–H groups in total. The van der Waals surface area contributed by atoms with Gasteiger partial charge >= 0.3 is 5.97 Å². The highest BCUT2D eigenvalue weighted by atomic mass is 16.4. The van der Waals surface area contributed by atoms with Gasteiger partial charge in [0.1, 0.15) is 5.82 Å². The lowest BCUT2D eigenvalue weighted by Crippen LogP contribution is -2.36. The summed E-state index contributed by atoms with van der Waals surface area (Å²) in [6.45, 7) is 2.00. The minimum Gasteiger partial charge on any atom is -0.478 e. The van der Waals surface area contributed by atoms with E-state index < -0.39 is 5.97 Å². The quantitative estimate of drug-likeness (QED) is 0.821. The molecule has 1 heterocycles. The van der Waals surface area contributed by atoms with Gasteiger partial charge in [0.2, 0.25) is 5.91 Å². The molecule has 0 aliphatic heterocycles. The number of carbonyl (C=O) groups excluding carboxylic acids is 1. The summed E-state index contributed by atoms with van der Waals surface area (Å²) >= 11 is 0. The predicted octanol–water partition coefficient (Wildman–Crippen LogP) is 0.803. The highest BCUT2D eigenvalue weighted by molar-refractivity contribution is 5.88. The van der Waals surface area contributed by atoms with Gasteiger partial charge in [0, 0.05) is 19.3 Å². The molecule has 2 rings (SSSR count). The highest BCUT2D eigenvalue weighted by Crippen LogP contribution is 2.19. The van der Waals surface area contributed by atoms with Crippen molar-refractivity contribution >= 4 is 17.7 Å². The number of likely N-dealkylation sites (N-methyl/N-ethyl adjacent to an activating group) is 1. The first-order chi connectivity index (χ1) is 8.97. The van der Waals surface area contributed by atoms with Crippen molar-refractivity contribution < 1.29 is 14.7 Å². The van der Waals surface area contributed by atoms with E-state index in [-0.39, 0.29) is 18.0 Å². The Kier molecular flexibility index (Phi) is 3.69.